The molecule has 1 aromatic rings. The van der Waals surface area contributed by atoms with Crippen molar-refractivity contribution in [3.8, 4) is 0 Å². The summed E-state index contributed by atoms with van der Waals surface area (Å²) in [5.74, 6) is 0.0489. The van der Waals surface area contributed by atoms with Crippen LogP contribution in [0, 0.1) is 0 Å². The third-order valence-electron chi connectivity index (χ3n) is 1.82. The van der Waals surface area contributed by atoms with Crippen LogP contribution in [-0.2, 0) is 15.8 Å². The molecule has 0 heterocycles. The van der Waals surface area contributed by atoms with Gasteiger partial charge in [0.25, 0.3) is 0 Å². The van der Waals surface area contributed by atoms with E-state index in [1.807, 2.05) is 12.1 Å². The van der Waals surface area contributed by atoms with Crippen LogP contribution in [0.2, 0.25) is 0 Å². The van der Waals surface area contributed by atoms with Gasteiger partial charge in [0.2, 0.25) is 10.0 Å². The Morgan fingerprint density at radius 2 is 1.71 bits per heavy atom. The molecule has 0 fully saturated rings. The Morgan fingerprint density at radius 1 is 1.21 bits per heavy atom. The van der Waals surface area contributed by atoms with Crippen molar-refractivity contribution in [2.24, 2.45) is 0 Å². The highest BCUT2D eigenvalue weighted by Gasteiger charge is 2.13. The molecule has 1 rings (SSSR count). The fraction of sp³-hybridized carbons (Fsp3) is 0.333. The zero-order chi connectivity index (χ0) is 10.8. The molecule has 0 spiro atoms. The van der Waals surface area contributed by atoms with E-state index < -0.39 is 10.0 Å². The summed E-state index contributed by atoms with van der Waals surface area (Å²) in [6.45, 7) is 0. The lowest BCUT2D eigenvalue weighted by atomic mass is 10.2. The van der Waals surface area contributed by atoms with Crippen LogP contribution in [0.4, 0.5) is 0 Å². The smallest absolute Gasteiger partial charge is 0.212 e. The van der Waals surface area contributed by atoms with Crippen molar-refractivity contribution < 1.29 is 8.42 Å². The summed E-state index contributed by atoms with van der Waals surface area (Å²) in [5.41, 5.74) is 0.793. The molecule has 1 aromatic carbocycles. The van der Waals surface area contributed by atoms with Gasteiger partial charge in [-0.1, -0.05) is 28.1 Å². The zero-order valence-electron chi connectivity index (χ0n) is 8.07. The molecule has 3 nitrogen and oxygen atoms in total. The summed E-state index contributed by atoms with van der Waals surface area (Å²) in [5, 5.41) is 0. The van der Waals surface area contributed by atoms with Crippen molar-refractivity contribution in [2.45, 2.75) is 5.75 Å². The SMILES string of the molecule is CN(C)S(=O)(=O)Cc1ccc(Br)cc1. The fourth-order valence-corrected chi connectivity index (χ4v) is 2.06. The van der Waals surface area contributed by atoms with E-state index in [4.69, 9.17) is 0 Å². The van der Waals surface area contributed by atoms with Crippen molar-refractivity contribution in [1.29, 1.82) is 0 Å². The monoisotopic (exact) mass is 277 g/mol. The number of hydrogen-bond acceptors (Lipinski definition) is 2. The first-order valence-corrected chi connectivity index (χ1v) is 6.47. The van der Waals surface area contributed by atoms with Gasteiger partial charge >= 0.3 is 0 Å². The normalized spacial score (nSPS) is 12.0. The minimum atomic E-state index is -3.15. The number of sulfonamides is 1. The topological polar surface area (TPSA) is 37.4 Å². The van der Waals surface area contributed by atoms with E-state index in [2.05, 4.69) is 15.9 Å². The molecule has 0 radical (unpaired) electrons. The van der Waals surface area contributed by atoms with Gasteiger partial charge in [-0.15, -0.1) is 0 Å². The highest BCUT2D eigenvalue weighted by molar-refractivity contribution is 9.10. The number of rotatable bonds is 3. The molecule has 14 heavy (non-hydrogen) atoms. The summed E-state index contributed by atoms with van der Waals surface area (Å²) >= 11 is 3.29. The van der Waals surface area contributed by atoms with E-state index in [1.54, 1.807) is 12.1 Å². The van der Waals surface area contributed by atoms with E-state index >= 15 is 0 Å². The summed E-state index contributed by atoms with van der Waals surface area (Å²) in [4.78, 5) is 0. The third kappa shape index (κ3) is 3.08. The molecule has 0 saturated carbocycles. The Hall–Kier alpha value is -0.390. The molecule has 0 aromatic heterocycles. The van der Waals surface area contributed by atoms with E-state index in [-0.39, 0.29) is 5.75 Å². The first-order valence-electron chi connectivity index (χ1n) is 4.06. The minimum Gasteiger partial charge on any atom is -0.212 e. The Bertz CT molecular complexity index is 397. The van der Waals surface area contributed by atoms with Crippen molar-refractivity contribution in [3.05, 3.63) is 34.3 Å². The molecule has 0 aliphatic carbocycles. The molecule has 0 unspecified atom stereocenters. The van der Waals surface area contributed by atoms with Crippen molar-refractivity contribution >= 4 is 26.0 Å². The quantitative estimate of drug-likeness (QED) is 0.846. The van der Waals surface area contributed by atoms with E-state index in [0.29, 0.717) is 0 Å². The van der Waals surface area contributed by atoms with Crippen LogP contribution in [0.5, 0.6) is 0 Å². The molecule has 0 aliphatic rings. The largest absolute Gasteiger partial charge is 0.217 e. The number of nitrogens with zero attached hydrogens (tertiary/aromatic N) is 1. The Balaban J connectivity index is 2.85. The van der Waals surface area contributed by atoms with Gasteiger partial charge in [-0.05, 0) is 17.7 Å². The maximum atomic E-state index is 11.5. The number of halogens is 1. The Labute approximate surface area is 92.9 Å². The van der Waals surface area contributed by atoms with Crippen LogP contribution >= 0.6 is 15.9 Å². The Kier molecular flexibility index (Phi) is 3.69. The minimum absolute atomic E-state index is 0.0489. The molecule has 78 valence electrons. The first kappa shape index (κ1) is 11.7. The van der Waals surface area contributed by atoms with Gasteiger partial charge in [0.05, 0.1) is 5.75 Å². The molecular formula is C9H12BrNO2S. The van der Waals surface area contributed by atoms with Crippen molar-refractivity contribution in [3.63, 3.8) is 0 Å². The third-order valence-corrected chi connectivity index (χ3v) is 4.16. The van der Waals surface area contributed by atoms with Crippen LogP contribution < -0.4 is 0 Å². The van der Waals surface area contributed by atoms with Gasteiger partial charge in [0.1, 0.15) is 0 Å². The molecule has 0 amide bonds. The highest BCUT2D eigenvalue weighted by atomic mass is 79.9. The van der Waals surface area contributed by atoms with Crippen molar-refractivity contribution in [1.82, 2.24) is 4.31 Å². The molecule has 0 bridgehead atoms. The van der Waals surface area contributed by atoms with Gasteiger partial charge in [-0.3, -0.25) is 0 Å². The van der Waals surface area contributed by atoms with Crippen LogP contribution in [-0.4, -0.2) is 26.8 Å². The average molecular weight is 278 g/mol. The van der Waals surface area contributed by atoms with Crippen LogP contribution in [0.25, 0.3) is 0 Å². The maximum absolute atomic E-state index is 11.5. The lowest BCUT2D eigenvalue weighted by Gasteiger charge is -2.10. The number of hydrogen-bond donors (Lipinski definition) is 0. The lowest BCUT2D eigenvalue weighted by Crippen LogP contribution is -2.23. The summed E-state index contributed by atoms with van der Waals surface area (Å²) in [6, 6.07) is 7.26. The van der Waals surface area contributed by atoms with Crippen LogP contribution in [0.15, 0.2) is 28.7 Å². The van der Waals surface area contributed by atoms with Gasteiger partial charge in [-0.25, -0.2) is 12.7 Å². The average Bonchev–Trinajstić information content (AvgIpc) is 2.08. The zero-order valence-corrected chi connectivity index (χ0v) is 10.5. The summed E-state index contributed by atoms with van der Waals surface area (Å²) in [6.07, 6.45) is 0. The van der Waals surface area contributed by atoms with Crippen LogP contribution in [0.3, 0.4) is 0 Å². The first-order chi connectivity index (χ1) is 6.42. The molecular weight excluding hydrogens is 266 g/mol. The fourth-order valence-electron chi connectivity index (χ4n) is 0.920. The van der Waals surface area contributed by atoms with E-state index in [9.17, 15) is 8.42 Å². The molecule has 5 heteroatoms. The maximum Gasteiger partial charge on any atom is 0.217 e. The second kappa shape index (κ2) is 4.42. The molecule has 0 aliphatic heterocycles. The van der Waals surface area contributed by atoms with Gasteiger partial charge in [0, 0.05) is 18.6 Å². The van der Waals surface area contributed by atoms with E-state index in [1.165, 1.54) is 18.4 Å². The summed E-state index contributed by atoms with van der Waals surface area (Å²) < 4.78 is 25.2. The van der Waals surface area contributed by atoms with E-state index in [0.717, 1.165) is 10.0 Å². The molecule has 0 atom stereocenters. The molecule has 0 saturated heterocycles. The van der Waals surface area contributed by atoms with Crippen LogP contribution in [0.1, 0.15) is 5.56 Å². The van der Waals surface area contributed by atoms with Gasteiger partial charge in [0.15, 0.2) is 0 Å². The van der Waals surface area contributed by atoms with Gasteiger partial charge in [-0.2, -0.15) is 0 Å². The predicted octanol–water partition coefficient (Wildman–Crippen LogP) is 1.84. The van der Waals surface area contributed by atoms with Gasteiger partial charge < -0.3 is 0 Å². The summed E-state index contributed by atoms with van der Waals surface area (Å²) in [7, 11) is -0.0743. The lowest BCUT2D eigenvalue weighted by molar-refractivity contribution is 0.520. The highest BCUT2D eigenvalue weighted by Crippen LogP contribution is 2.13. The standard InChI is InChI=1S/C9H12BrNO2S/c1-11(2)14(12,13)7-8-3-5-9(10)6-4-8/h3-6H,7H2,1-2H3. The second-order valence-corrected chi connectivity index (χ2v) is 6.26. The van der Waals surface area contributed by atoms with Crippen molar-refractivity contribution in [2.75, 3.05) is 14.1 Å². The number of benzene rings is 1. The predicted molar refractivity (Wildman–Crippen MR) is 60.5 cm³/mol. The molecule has 0 N–H and O–H groups in total. The second-order valence-electron chi connectivity index (χ2n) is 3.17. The Morgan fingerprint density at radius 3 is 2.14 bits per heavy atom.